The van der Waals surface area contributed by atoms with E-state index in [1.165, 1.54) is 4.52 Å². The van der Waals surface area contributed by atoms with Crippen LogP contribution in [0, 0.1) is 0 Å². The largest absolute Gasteiger partial charge is 0.284 e. The number of nitrogens with zero attached hydrogens (tertiary/aromatic N) is 3. The Labute approximate surface area is 137 Å². The van der Waals surface area contributed by atoms with Crippen molar-refractivity contribution in [3.8, 4) is 5.69 Å². The van der Waals surface area contributed by atoms with Crippen LogP contribution in [0.5, 0.6) is 0 Å². The van der Waals surface area contributed by atoms with Gasteiger partial charge in [-0.1, -0.05) is 29.8 Å². The number of fused-ring (bicyclic) bond motifs is 1. The summed E-state index contributed by atoms with van der Waals surface area (Å²) in [7, 11) is 0. The molecule has 2 atom stereocenters. The maximum atomic E-state index is 13.7. The van der Waals surface area contributed by atoms with Crippen LogP contribution in [0.2, 0.25) is 5.02 Å². The lowest BCUT2D eigenvalue weighted by molar-refractivity contribution is 0.337. The zero-order chi connectivity index (χ0) is 16.0. The van der Waals surface area contributed by atoms with Crippen LogP contribution in [-0.2, 0) is 0 Å². The molecule has 1 aromatic carbocycles. The van der Waals surface area contributed by atoms with Crippen molar-refractivity contribution in [3.05, 3.63) is 63.8 Å². The number of rotatable bonds is 2. The topological polar surface area (TPSA) is 39.3 Å². The molecule has 0 radical (unpaired) electrons. The predicted molar refractivity (Wildman–Crippen MR) is 87.3 cm³/mol. The molecule has 0 spiro atoms. The number of alkyl halides is 1. The average molecular weight is 332 g/mol. The molecule has 23 heavy (non-hydrogen) atoms. The fourth-order valence-corrected chi connectivity index (χ4v) is 3.52. The van der Waals surface area contributed by atoms with Gasteiger partial charge in [0.25, 0.3) is 5.56 Å². The van der Waals surface area contributed by atoms with Crippen molar-refractivity contribution in [2.75, 3.05) is 0 Å². The lowest BCUT2D eigenvalue weighted by Gasteiger charge is -2.17. The van der Waals surface area contributed by atoms with Gasteiger partial charge in [-0.05, 0) is 37.5 Å². The average Bonchev–Trinajstić information content (AvgIpc) is 3.14. The highest BCUT2D eigenvalue weighted by Gasteiger charge is 2.30. The van der Waals surface area contributed by atoms with Crippen molar-refractivity contribution >= 4 is 17.1 Å². The smallest absolute Gasteiger partial charge is 0.266 e. The fraction of sp³-hybridized carbons (Fsp3) is 0.294. The zero-order valence-corrected chi connectivity index (χ0v) is 13.1. The number of para-hydroxylation sites is 1. The summed E-state index contributed by atoms with van der Waals surface area (Å²) in [6.45, 7) is 0. The molecule has 0 aliphatic heterocycles. The molecule has 1 aliphatic carbocycles. The second-order valence-electron chi connectivity index (χ2n) is 5.90. The van der Waals surface area contributed by atoms with E-state index in [1.807, 2.05) is 30.3 Å². The Morgan fingerprint density at radius 3 is 2.65 bits per heavy atom. The molecule has 0 N–H and O–H groups in total. The molecule has 0 amide bonds. The van der Waals surface area contributed by atoms with Crippen LogP contribution in [0.3, 0.4) is 0 Å². The molecule has 1 saturated carbocycles. The van der Waals surface area contributed by atoms with Gasteiger partial charge in [-0.15, -0.1) is 0 Å². The highest BCUT2D eigenvalue weighted by Crippen LogP contribution is 2.35. The molecule has 3 aromatic rings. The summed E-state index contributed by atoms with van der Waals surface area (Å²) in [5.41, 5.74) is 0.842. The lowest BCUT2D eigenvalue weighted by atomic mass is 10.1. The van der Waals surface area contributed by atoms with Crippen LogP contribution in [-0.4, -0.2) is 20.4 Å². The molecule has 0 saturated heterocycles. The van der Waals surface area contributed by atoms with Crippen molar-refractivity contribution in [2.45, 2.75) is 31.4 Å². The molecule has 1 aliphatic rings. The van der Waals surface area contributed by atoms with Gasteiger partial charge in [0, 0.05) is 12.1 Å². The molecule has 4 nitrogen and oxygen atoms in total. The second-order valence-corrected chi connectivity index (χ2v) is 6.31. The summed E-state index contributed by atoms with van der Waals surface area (Å²) >= 11 is 6.14. The molecular weight excluding hydrogens is 317 g/mol. The standard InChI is InChI=1S/C17H15ClFN3O/c18-14-8-9-21-15(14)17(23)22(13-4-2-1-3-5-13)16(20-21)11-6-7-12(19)10-11/h1-5,8-9,11-12H,6-7,10H2/t11-,12+/m0/s1. The van der Waals surface area contributed by atoms with Gasteiger partial charge >= 0.3 is 0 Å². The highest BCUT2D eigenvalue weighted by atomic mass is 35.5. The predicted octanol–water partition coefficient (Wildman–Crippen LogP) is 3.74. The van der Waals surface area contributed by atoms with E-state index in [0.717, 1.165) is 5.69 Å². The van der Waals surface area contributed by atoms with E-state index in [1.54, 1.807) is 16.8 Å². The van der Waals surface area contributed by atoms with E-state index in [2.05, 4.69) is 5.10 Å². The van der Waals surface area contributed by atoms with Gasteiger partial charge < -0.3 is 0 Å². The third kappa shape index (κ3) is 2.36. The molecule has 0 bridgehead atoms. The highest BCUT2D eigenvalue weighted by molar-refractivity contribution is 6.33. The lowest BCUT2D eigenvalue weighted by Crippen LogP contribution is -2.27. The minimum Gasteiger partial charge on any atom is -0.266 e. The van der Waals surface area contributed by atoms with E-state index in [4.69, 9.17) is 11.6 Å². The van der Waals surface area contributed by atoms with Crippen molar-refractivity contribution in [3.63, 3.8) is 0 Å². The van der Waals surface area contributed by atoms with E-state index in [-0.39, 0.29) is 11.5 Å². The van der Waals surface area contributed by atoms with Gasteiger partial charge in [-0.25, -0.2) is 8.91 Å². The fourth-order valence-electron chi connectivity index (χ4n) is 3.30. The number of halogens is 2. The number of hydrogen-bond acceptors (Lipinski definition) is 2. The zero-order valence-electron chi connectivity index (χ0n) is 12.3. The summed E-state index contributed by atoms with van der Waals surface area (Å²) in [6.07, 6.45) is 2.45. The molecule has 4 rings (SSSR count). The third-order valence-electron chi connectivity index (χ3n) is 4.41. The summed E-state index contributed by atoms with van der Waals surface area (Å²) in [5.74, 6) is 0.532. The van der Waals surface area contributed by atoms with Crippen molar-refractivity contribution in [2.24, 2.45) is 0 Å². The van der Waals surface area contributed by atoms with Gasteiger partial charge in [0.05, 0.1) is 10.7 Å². The molecule has 2 aromatic heterocycles. The quantitative estimate of drug-likeness (QED) is 0.717. The Hall–Kier alpha value is -2.14. The van der Waals surface area contributed by atoms with Crippen LogP contribution >= 0.6 is 11.6 Å². The summed E-state index contributed by atoms with van der Waals surface area (Å²) in [6, 6.07) is 11.0. The maximum Gasteiger partial charge on any atom is 0.284 e. The maximum absolute atomic E-state index is 13.7. The molecule has 6 heteroatoms. The Bertz CT molecular complexity index is 919. The Morgan fingerprint density at radius 1 is 1.17 bits per heavy atom. The van der Waals surface area contributed by atoms with Crippen LogP contribution in [0.1, 0.15) is 31.0 Å². The van der Waals surface area contributed by atoms with Gasteiger partial charge in [-0.3, -0.25) is 9.36 Å². The molecule has 2 heterocycles. The monoisotopic (exact) mass is 331 g/mol. The van der Waals surface area contributed by atoms with Crippen LogP contribution in [0.25, 0.3) is 11.2 Å². The summed E-state index contributed by atoms with van der Waals surface area (Å²) in [4.78, 5) is 13.0. The number of hydrogen-bond donors (Lipinski definition) is 0. The molecule has 118 valence electrons. The Morgan fingerprint density at radius 2 is 1.96 bits per heavy atom. The van der Waals surface area contributed by atoms with Crippen molar-refractivity contribution < 1.29 is 4.39 Å². The van der Waals surface area contributed by atoms with Crippen LogP contribution in [0.4, 0.5) is 4.39 Å². The Kier molecular flexibility index (Phi) is 3.45. The molecule has 0 unspecified atom stereocenters. The van der Waals surface area contributed by atoms with E-state index >= 15 is 0 Å². The summed E-state index contributed by atoms with van der Waals surface area (Å²) in [5, 5.41) is 4.95. The van der Waals surface area contributed by atoms with E-state index < -0.39 is 6.17 Å². The first-order valence-electron chi connectivity index (χ1n) is 7.64. The molecule has 1 fully saturated rings. The molecular formula is C17H15ClFN3O. The number of aromatic nitrogens is 3. The first-order valence-corrected chi connectivity index (χ1v) is 8.02. The van der Waals surface area contributed by atoms with Crippen LogP contribution < -0.4 is 5.56 Å². The summed E-state index contributed by atoms with van der Waals surface area (Å²) < 4.78 is 16.7. The van der Waals surface area contributed by atoms with Gasteiger partial charge in [-0.2, -0.15) is 5.10 Å². The number of benzene rings is 1. The Balaban J connectivity index is 2.02. The van der Waals surface area contributed by atoms with Gasteiger partial charge in [0.15, 0.2) is 0 Å². The van der Waals surface area contributed by atoms with Crippen molar-refractivity contribution in [1.82, 2.24) is 14.2 Å². The SMILES string of the molecule is O=c1c2c(Cl)ccn2nc([C@H]2CC[C@@H](F)C2)n1-c1ccccc1. The van der Waals surface area contributed by atoms with Gasteiger partial charge in [0.1, 0.15) is 17.5 Å². The first kappa shape index (κ1) is 14.5. The normalized spacial score (nSPS) is 21.1. The van der Waals surface area contributed by atoms with Crippen molar-refractivity contribution in [1.29, 1.82) is 0 Å². The van der Waals surface area contributed by atoms with E-state index in [9.17, 15) is 9.18 Å². The van der Waals surface area contributed by atoms with E-state index in [0.29, 0.717) is 35.6 Å². The third-order valence-corrected chi connectivity index (χ3v) is 4.72. The first-order chi connectivity index (χ1) is 11.1. The second kappa shape index (κ2) is 5.49. The van der Waals surface area contributed by atoms with Gasteiger partial charge in [0.2, 0.25) is 0 Å². The minimum atomic E-state index is -0.829. The minimum absolute atomic E-state index is 0.0662. The van der Waals surface area contributed by atoms with Crippen LogP contribution in [0.15, 0.2) is 47.4 Å².